The highest BCUT2D eigenvalue weighted by Crippen LogP contribution is 2.47. The Hall–Kier alpha value is -8.59. The molecule has 1 N–H and O–H groups in total. The number of hydrogen-bond donors (Lipinski definition) is 1. The molecule has 0 atom stereocenters. The molecule has 0 radical (unpaired) electrons. The van der Waals surface area contributed by atoms with Crippen molar-refractivity contribution in [2.45, 2.75) is 51.4 Å². The van der Waals surface area contributed by atoms with Gasteiger partial charge in [0.1, 0.15) is 0 Å². The van der Waals surface area contributed by atoms with E-state index in [9.17, 15) is 0 Å². The number of allylic oxidation sites excluding steroid dienone is 2. The van der Waals surface area contributed by atoms with E-state index in [0.29, 0.717) is 0 Å². The summed E-state index contributed by atoms with van der Waals surface area (Å²) in [5.41, 5.74) is 21.0. The number of rotatable bonds is 16. The van der Waals surface area contributed by atoms with Crippen LogP contribution < -0.4 is 5.32 Å². The van der Waals surface area contributed by atoms with Gasteiger partial charge in [-0.15, -0.1) is 0 Å². The van der Waals surface area contributed by atoms with Gasteiger partial charge in [-0.2, -0.15) is 0 Å². The van der Waals surface area contributed by atoms with E-state index < -0.39 is 0 Å². The van der Waals surface area contributed by atoms with Crippen LogP contribution in [0.1, 0.15) is 115 Å². The molecular weight excluding hydrogens is 881 g/mol. The molecule has 2 heteroatoms. The number of hydrogen-bond acceptors (Lipinski definition) is 2. The van der Waals surface area contributed by atoms with Crippen LogP contribution in [0.25, 0.3) is 0 Å². The van der Waals surface area contributed by atoms with Gasteiger partial charge >= 0.3 is 0 Å². The van der Waals surface area contributed by atoms with E-state index >= 15 is 0 Å². The number of benzene rings is 10. The molecule has 10 aromatic rings. The lowest BCUT2D eigenvalue weighted by molar-refractivity contribution is 0.933. The number of nitrogens with one attached hydrogen (secondary N) is 1. The summed E-state index contributed by atoms with van der Waals surface area (Å²) in [5.74, 6) is -0.225. The van der Waals surface area contributed by atoms with Crippen molar-refractivity contribution < 1.29 is 0 Å². The highest BCUT2D eigenvalue weighted by Gasteiger charge is 2.29. The van der Waals surface area contributed by atoms with E-state index in [2.05, 4.69) is 306 Å². The van der Waals surface area contributed by atoms with Crippen LogP contribution in [0.3, 0.4) is 0 Å². The van der Waals surface area contributed by atoms with Gasteiger partial charge < -0.3 is 5.32 Å². The topological polar surface area (TPSA) is 24.4 Å². The first-order valence-electron chi connectivity index (χ1n) is 25.6. The van der Waals surface area contributed by atoms with Crippen LogP contribution in [-0.4, -0.2) is 5.71 Å². The molecule has 0 spiro atoms. The van der Waals surface area contributed by atoms with Gasteiger partial charge in [0.05, 0.1) is 5.69 Å². The number of nitrogens with zero attached hydrogens (tertiary/aromatic N) is 1. The van der Waals surface area contributed by atoms with Crippen LogP contribution in [0.4, 0.5) is 11.4 Å². The monoisotopic (exact) mass is 942 g/mol. The Labute approximate surface area is 433 Å². The molecule has 0 aliphatic rings. The zero-order valence-corrected chi connectivity index (χ0v) is 42.2. The van der Waals surface area contributed by atoms with Gasteiger partial charge in [0.15, 0.2) is 0 Å². The minimum absolute atomic E-state index is 0.0446. The summed E-state index contributed by atoms with van der Waals surface area (Å²) in [4.78, 5) is 5.85. The fourth-order valence-electron chi connectivity index (χ4n) is 11.0. The summed E-state index contributed by atoms with van der Waals surface area (Å²) in [6.07, 6.45) is 2.24. The molecule has 0 bridgehead atoms. The zero-order valence-electron chi connectivity index (χ0n) is 42.2. The standard InChI is InChI=1S/C71H62N2/c1-50-45-62(66(54-29-13-5-14-30-54)55-31-15-6-16-32-55)70(63(46-50)67(56-33-17-7-18-34-56)57-35-19-8-20-36-57)72-52(3)49-53(4)73-71-64(68(58-37-21-9-22-38-58)59-39-23-10-24-40-59)47-51(2)48-65(71)69(60-41-25-11-26-42-60)61-43-27-12-28-44-61/h5-49,66-69,72H,1-4H3/b52-49-,73-53?. The van der Waals surface area contributed by atoms with Gasteiger partial charge in [0, 0.05) is 40.8 Å². The third-order valence-electron chi connectivity index (χ3n) is 14.0. The van der Waals surface area contributed by atoms with Crippen LogP contribution in [-0.2, 0) is 0 Å². The molecule has 2 nitrogen and oxygen atoms in total. The van der Waals surface area contributed by atoms with Crippen molar-refractivity contribution in [2.75, 3.05) is 5.32 Å². The summed E-state index contributed by atoms with van der Waals surface area (Å²) in [5, 5.41) is 4.13. The van der Waals surface area contributed by atoms with Gasteiger partial charge in [-0.25, -0.2) is 0 Å². The van der Waals surface area contributed by atoms with Crippen molar-refractivity contribution >= 4 is 17.1 Å². The second-order valence-electron chi connectivity index (χ2n) is 19.3. The smallest absolute Gasteiger partial charge is 0.0716 e. The first-order valence-corrected chi connectivity index (χ1v) is 25.6. The molecule has 0 saturated heterocycles. The fraction of sp³-hybridized carbons (Fsp3) is 0.113. The molecule has 0 amide bonds. The largest absolute Gasteiger partial charge is 0.359 e. The molecule has 0 fully saturated rings. The minimum atomic E-state index is -0.0681. The molecule has 10 rings (SSSR count). The Balaban J connectivity index is 1.20. The average Bonchev–Trinajstić information content (AvgIpc) is 3.43. The van der Waals surface area contributed by atoms with Crippen molar-refractivity contribution in [2.24, 2.45) is 4.99 Å². The summed E-state index contributed by atoms with van der Waals surface area (Å²) in [7, 11) is 0. The average molecular weight is 943 g/mol. The molecular formula is C71H62N2. The predicted octanol–water partition coefficient (Wildman–Crippen LogP) is 18.1. The summed E-state index contributed by atoms with van der Waals surface area (Å²) in [6.45, 7) is 8.82. The van der Waals surface area contributed by atoms with E-state index in [0.717, 1.165) is 22.8 Å². The minimum Gasteiger partial charge on any atom is -0.359 e. The maximum absolute atomic E-state index is 5.85. The molecule has 0 saturated carbocycles. The molecule has 0 unspecified atom stereocenters. The first kappa shape index (κ1) is 48.1. The van der Waals surface area contributed by atoms with Crippen LogP contribution in [0, 0.1) is 13.8 Å². The van der Waals surface area contributed by atoms with Crippen LogP contribution >= 0.6 is 0 Å². The maximum atomic E-state index is 5.85. The third kappa shape index (κ3) is 11.0. The third-order valence-corrected chi connectivity index (χ3v) is 14.0. The number of anilines is 1. The van der Waals surface area contributed by atoms with Crippen molar-refractivity contribution in [3.8, 4) is 0 Å². The van der Waals surface area contributed by atoms with Gasteiger partial charge in [0.2, 0.25) is 0 Å². The SMILES string of the molecule is CC(/C=C(/C)Nc1c(C(c2ccccc2)c2ccccc2)cc(C)cc1C(c1ccccc1)c1ccccc1)=Nc1c(C(c2ccccc2)c2ccccc2)cc(C)cc1C(c1ccccc1)c1ccccc1. The fourth-order valence-corrected chi connectivity index (χ4v) is 11.0. The summed E-state index contributed by atoms with van der Waals surface area (Å²) in [6, 6.07) is 97.0. The van der Waals surface area contributed by atoms with E-state index in [1.165, 1.54) is 77.9 Å². The van der Waals surface area contributed by atoms with Crippen LogP contribution in [0.5, 0.6) is 0 Å². The first-order chi connectivity index (χ1) is 35.9. The quantitative estimate of drug-likeness (QED) is 0.0758. The van der Waals surface area contributed by atoms with Crippen LogP contribution in [0.15, 0.2) is 284 Å². The normalized spacial score (nSPS) is 11.9. The van der Waals surface area contributed by atoms with Gasteiger partial charge in [-0.1, -0.05) is 278 Å². The van der Waals surface area contributed by atoms with Crippen molar-refractivity contribution in [1.29, 1.82) is 0 Å². The van der Waals surface area contributed by atoms with E-state index in [-0.39, 0.29) is 23.7 Å². The van der Waals surface area contributed by atoms with Crippen molar-refractivity contribution in [3.63, 3.8) is 0 Å². The number of aliphatic imine (C=N–C) groups is 1. The molecule has 356 valence electrons. The Morgan fingerprint density at radius 2 is 0.548 bits per heavy atom. The van der Waals surface area contributed by atoms with Crippen molar-refractivity contribution in [3.05, 3.63) is 357 Å². The molecule has 0 aliphatic carbocycles. The lowest BCUT2D eigenvalue weighted by Crippen LogP contribution is -2.14. The molecule has 73 heavy (non-hydrogen) atoms. The number of aryl methyl sites for hydroxylation is 2. The Bertz CT molecular complexity index is 3060. The zero-order chi connectivity index (χ0) is 49.9. The summed E-state index contributed by atoms with van der Waals surface area (Å²) < 4.78 is 0. The van der Waals surface area contributed by atoms with E-state index in [4.69, 9.17) is 4.99 Å². The highest BCUT2D eigenvalue weighted by atomic mass is 14.9. The molecule has 0 aromatic heterocycles. The Kier molecular flexibility index (Phi) is 14.9. The second-order valence-corrected chi connectivity index (χ2v) is 19.3. The van der Waals surface area contributed by atoms with Crippen LogP contribution in [0.2, 0.25) is 0 Å². The molecule has 0 aliphatic heterocycles. The van der Waals surface area contributed by atoms with Gasteiger partial charge in [-0.05, 0) is 101 Å². The summed E-state index contributed by atoms with van der Waals surface area (Å²) >= 11 is 0. The second kappa shape index (κ2) is 22.7. The maximum Gasteiger partial charge on any atom is 0.0716 e. The lowest BCUT2D eigenvalue weighted by atomic mass is 9.78. The molecule has 0 heterocycles. The highest BCUT2D eigenvalue weighted by molar-refractivity contribution is 5.96. The lowest BCUT2D eigenvalue weighted by Gasteiger charge is -2.29. The Morgan fingerprint density at radius 3 is 0.795 bits per heavy atom. The van der Waals surface area contributed by atoms with Crippen molar-refractivity contribution in [1.82, 2.24) is 0 Å². The van der Waals surface area contributed by atoms with Gasteiger partial charge in [0.25, 0.3) is 0 Å². The predicted molar refractivity (Wildman–Crippen MR) is 308 cm³/mol. The van der Waals surface area contributed by atoms with E-state index in [1.807, 2.05) is 0 Å². The van der Waals surface area contributed by atoms with E-state index in [1.54, 1.807) is 0 Å². The Morgan fingerprint density at radius 1 is 0.329 bits per heavy atom. The van der Waals surface area contributed by atoms with Gasteiger partial charge in [-0.3, -0.25) is 4.99 Å². The molecule has 10 aromatic carbocycles.